The molecule has 0 atom stereocenters. The molecule has 2 aromatic rings. The van der Waals surface area contributed by atoms with E-state index >= 15 is 0 Å². The highest BCUT2D eigenvalue weighted by molar-refractivity contribution is 6.59. The zero-order valence-corrected chi connectivity index (χ0v) is 9.70. The summed E-state index contributed by atoms with van der Waals surface area (Å²) in [5, 5.41) is 9.57. The van der Waals surface area contributed by atoms with Crippen LogP contribution in [0.25, 0.3) is 0 Å². The summed E-state index contributed by atoms with van der Waals surface area (Å²) >= 11 is 0. The molecule has 2 rings (SSSR count). The summed E-state index contributed by atoms with van der Waals surface area (Å²) < 4.78 is 14.5. The van der Waals surface area contributed by atoms with Crippen LogP contribution in [0, 0.1) is 6.92 Å². The van der Waals surface area contributed by atoms with Crippen molar-refractivity contribution in [1.82, 2.24) is 0 Å². The zero-order chi connectivity index (χ0) is 13.0. The average molecular weight is 246 g/mol. The van der Waals surface area contributed by atoms with Gasteiger partial charge in [-0.1, -0.05) is 18.2 Å². The number of ether oxygens (including phenoxy) is 1. The largest absolute Gasteiger partial charge is 0.602 e. The lowest BCUT2D eigenvalue weighted by molar-refractivity contribution is 0.144. The molecule has 0 fully saturated rings. The van der Waals surface area contributed by atoms with Gasteiger partial charge in [0, 0.05) is 0 Å². The van der Waals surface area contributed by atoms with Crippen molar-refractivity contribution in [3.8, 4) is 5.75 Å². The van der Waals surface area contributed by atoms with Crippen molar-refractivity contribution in [2.45, 2.75) is 6.92 Å². The van der Waals surface area contributed by atoms with Gasteiger partial charge >= 0.3 is 13.3 Å². The first-order chi connectivity index (χ1) is 8.65. The Labute approximate surface area is 104 Å². The summed E-state index contributed by atoms with van der Waals surface area (Å²) in [6.07, 6.45) is 0.451. The molecule has 5 nitrogen and oxygen atoms in total. The van der Waals surface area contributed by atoms with E-state index in [0.717, 1.165) is 5.56 Å². The Balaban J connectivity index is 1.92. The zero-order valence-electron chi connectivity index (χ0n) is 9.70. The first-order valence-corrected chi connectivity index (χ1v) is 5.32. The fraction of sp³-hybridized carbons (Fsp3) is 0.0833. The summed E-state index contributed by atoms with van der Waals surface area (Å²) in [6, 6.07) is 10.00. The number of carbonyl (C=O) groups excluding carboxylic acids is 1. The van der Waals surface area contributed by atoms with Gasteiger partial charge in [-0.15, -0.1) is 0 Å². The molecule has 1 aromatic carbocycles. The van der Waals surface area contributed by atoms with Crippen LogP contribution in [-0.2, 0) is 4.65 Å². The highest BCUT2D eigenvalue weighted by atomic mass is 16.7. The second kappa shape index (κ2) is 5.42. The van der Waals surface area contributed by atoms with E-state index < -0.39 is 13.3 Å². The maximum atomic E-state index is 11.4. The Morgan fingerprint density at radius 3 is 2.67 bits per heavy atom. The third-order valence-electron chi connectivity index (χ3n) is 2.15. The van der Waals surface area contributed by atoms with Crippen molar-refractivity contribution in [3.05, 3.63) is 48.2 Å². The molecule has 0 aliphatic carbocycles. The van der Waals surface area contributed by atoms with Crippen LogP contribution in [0.1, 0.15) is 5.56 Å². The van der Waals surface area contributed by atoms with Gasteiger partial charge in [0.2, 0.25) is 0 Å². The van der Waals surface area contributed by atoms with Gasteiger partial charge in [-0.3, -0.25) is 0 Å². The van der Waals surface area contributed by atoms with Crippen LogP contribution in [0.2, 0.25) is 0 Å². The van der Waals surface area contributed by atoms with Gasteiger partial charge in [-0.2, -0.15) is 0 Å². The summed E-state index contributed by atoms with van der Waals surface area (Å²) in [5.41, 5.74) is 0.974. The molecule has 0 bridgehead atoms. The molecule has 0 aliphatic rings. The molecular weight excluding hydrogens is 235 g/mol. The topological polar surface area (TPSA) is 68.9 Å². The molecule has 0 radical (unpaired) electrons. The number of furan rings is 1. The van der Waals surface area contributed by atoms with Gasteiger partial charge in [-0.05, 0) is 30.7 Å². The number of hydrogen-bond donors (Lipinski definition) is 1. The van der Waals surface area contributed by atoms with E-state index in [1.165, 1.54) is 6.26 Å². The van der Waals surface area contributed by atoms with Gasteiger partial charge in [0.05, 0.1) is 6.26 Å². The first-order valence-electron chi connectivity index (χ1n) is 5.32. The molecule has 0 unspecified atom stereocenters. The van der Waals surface area contributed by atoms with Crippen LogP contribution >= 0.6 is 0 Å². The van der Waals surface area contributed by atoms with E-state index in [2.05, 4.69) is 4.65 Å². The minimum absolute atomic E-state index is 0.150. The van der Waals surface area contributed by atoms with Crippen LogP contribution in [0.3, 0.4) is 0 Å². The van der Waals surface area contributed by atoms with Crippen LogP contribution < -0.4 is 10.4 Å². The monoisotopic (exact) mass is 246 g/mol. The van der Waals surface area contributed by atoms with E-state index in [1.807, 2.05) is 0 Å². The van der Waals surface area contributed by atoms with E-state index in [4.69, 9.17) is 9.15 Å². The SMILES string of the molecule is Cc1coc(B(O)OC(=O)Oc2ccccc2)c1. The smallest absolute Gasteiger partial charge is 0.471 e. The average Bonchev–Trinajstić information content (AvgIpc) is 2.77. The molecule has 0 saturated heterocycles. The molecule has 18 heavy (non-hydrogen) atoms. The lowest BCUT2D eigenvalue weighted by Gasteiger charge is -2.06. The summed E-state index contributed by atoms with van der Waals surface area (Å²) in [6.45, 7) is 1.79. The summed E-state index contributed by atoms with van der Waals surface area (Å²) in [4.78, 5) is 11.4. The van der Waals surface area contributed by atoms with Crippen LogP contribution in [0.4, 0.5) is 4.79 Å². The molecule has 0 amide bonds. The lowest BCUT2D eigenvalue weighted by atomic mass is 9.87. The van der Waals surface area contributed by atoms with Crippen molar-refractivity contribution in [1.29, 1.82) is 0 Å². The highest BCUT2D eigenvalue weighted by Gasteiger charge is 2.26. The Kier molecular flexibility index (Phi) is 3.69. The minimum atomic E-state index is -1.48. The van der Waals surface area contributed by atoms with Crippen molar-refractivity contribution >= 4 is 18.9 Å². The molecule has 0 aliphatic heterocycles. The van der Waals surface area contributed by atoms with E-state index in [0.29, 0.717) is 5.75 Å². The van der Waals surface area contributed by atoms with Gasteiger partial charge in [-0.25, -0.2) is 4.79 Å². The standard InChI is InChI=1S/C12H11BO5/c1-9-7-11(16-8-9)13(15)18-12(14)17-10-5-3-2-4-6-10/h2-8,15H,1H3. The predicted molar refractivity (Wildman–Crippen MR) is 64.6 cm³/mol. The molecule has 1 aromatic heterocycles. The minimum Gasteiger partial charge on any atom is -0.471 e. The molecule has 1 N–H and O–H groups in total. The molecule has 1 heterocycles. The summed E-state index contributed by atoms with van der Waals surface area (Å²) in [5.74, 6) is 0.338. The third kappa shape index (κ3) is 3.15. The van der Waals surface area contributed by atoms with Crippen molar-refractivity contribution in [3.63, 3.8) is 0 Å². The number of hydrogen-bond acceptors (Lipinski definition) is 5. The fourth-order valence-corrected chi connectivity index (χ4v) is 1.34. The predicted octanol–water partition coefficient (Wildman–Crippen LogP) is 1.49. The molecule has 0 spiro atoms. The second-order valence-corrected chi connectivity index (χ2v) is 3.66. The number of para-hydroxylation sites is 1. The molecule has 0 saturated carbocycles. The van der Waals surface area contributed by atoms with Gasteiger partial charge in [0.25, 0.3) is 0 Å². The van der Waals surface area contributed by atoms with E-state index in [-0.39, 0.29) is 5.66 Å². The Hall–Kier alpha value is -2.21. The number of carbonyl (C=O) groups is 1. The summed E-state index contributed by atoms with van der Waals surface area (Å²) in [7, 11) is -1.48. The van der Waals surface area contributed by atoms with E-state index in [9.17, 15) is 9.82 Å². The Morgan fingerprint density at radius 2 is 2.06 bits per heavy atom. The Morgan fingerprint density at radius 1 is 1.33 bits per heavy atom. The van der Waals surface area contributed by atoms with Crippen molar-refractivity contribution < 1.29 is 23.6 Å². The van der Waals surface area contributed by atoms with Crippen LogP contribution in [0.5, 0.6) is 5.75 Å². The maximum absolute atomic E-state index is 11.4. The quantitative estimate of drug-likeness (QED) is 0.504. The first kappa shape index (κ1) is 12.3. The third-order valence-corrected chi connectivity index (χ3v) is 2.15. The van der Waals surface area contributed by atoms with Crippen molar-refractivity contribution in [2.75, 3.05) is 0 Å². The molecule has 92 valence electrons. The number of rotatable bonds is 3. The Bertz CT molecular complexity index is 522. The second-order valence-electron chi connectivity index (χ2n) is 3.66. The van der Waals surface area contributed by atoms with Gasteiger partial charge in [0.1, 0.15) is 11.4 Å². The molecule has 6 heteroatoms. The maximum Gasteiger partial charge on any atom is 0.602 e. The van der Waals surface area contributed by atoms with Gasteiger partial charge in [0.15, 0.2) is 0 Å². The molecular formula is C12H11BO5. The van der Waals surface area contributed by atoms with Gasteiger partial charge < -0.3 is 18.8 Å². The lowest BCUT2D eigenvalue weighted by Crippen LogP contribution is -2.35. The van der Waals surface area contributed by atoms with E-state index in [1.54, 1.807) is 43.3 Å². The number of benzene rings is 1. The van der Waals surface area contributed by atoms with Crippen LogP contribution in [-0.4, -0.2) is 18.3 Å². The normalized spacial score (nSPS) is 9.89. The van der Waals surface area contributed by atoms with Crippen molar-refractivity contribution in [2.24, 2.45) is 0 Å². The van der Waals surface area contributed by atoms with Crippen LogP contribution in [0.15, 0.2) is 47.1 Å². The fourth-order valence-electron chi connectivity index (χ4n) is 1.34. The number of aryl methyl sites for hydroxylation is 1. The highest BCUT2D eigenvalue weighted by Crippen LogP contribution is 2.09.